The molecule has 0 unspecified atom stereocenters. The minimum Gasteiger partial charge on any atom is -0.479 e. The number of hydrogen-bond acceptors (Lipinski definition) is 4. The fourth-order valence-corrected chi connectivity index (χ4v) is 0.518. The molecule has 0 saturated heterocycles. The lowest BCUT2D eigenvalue weighted by Crippen LogP contribution is -2.37. The average molecular weight is 150 g/mol. The Morgan fingerprint density at radius 3 is 2.30 bits per heavy atom. The van der Waals surface area contributed by atoms with Gasteiger partial charge in [0, 0.05) is 7.11 Å². The molecule has 0 fully saturated rings. The van der Waals surface area contributed by atoms with Crippen LogP contribution in [-0.4, -0.2) is 47.2 Å². The molecule has 10 heavy (non-hydrogen) atoms. The fraction of sp³-hybridized carbons (Fsp3) is 0.800. The number of carboxylic acids is 1. The fourth-order valence-electron chi connectivity index (χ4n) is 0.518. The van der Waals surface area contributed by atoms with Gasteiger partial charge in [-0.15, -0.1) is 0 Å². The van der Waals surface area contributed by atoms with Gasteiger partial charge in [-0.2, -0.15) is 0 Å². The zero-order valence-electron chi connectivity index (χ0n) is 5.52. The zero-order valence-corrected chi connectivity index (χ0v) is 5.52. The van der Waals surface area contributed by atoms with Crippen LogP contribution >= 0.6 is 0 Å². The molecule has 5 nitrogen and oxygen atoms in total. The molecule has 0 rings (SSSR count). The number of rotatable bonds is 4. The van der Waals surface area contributed by atoms with Gasteiger partial charge >= 0.3 is 5.97 Å². The van der Waals surface area contributed by atoms with Gasteiger partial charge in [0.05, 0.1) is 6.61 Å². The minimum absolute atomic E-state index is 0.620. The summed E-state index contributed by atoms with van der Waals surface area (Å²) in [6, 6.07) is 0. The maximum Gasteiger partial charge on any atom is 0.335 e. The molecule has 0 amide bonds. The molecule has 0 spiro atoms. The van der Waals surface area contributed by atoms with Gasteiger partial charge in [-0.3, -0.25) is 0 Å². The lowest BCUT2D eigenvalue weighted by atomic mass is 10.2. The maximum absolute atomic E-state index is 10.1. The molecule has 0 heterocycles. The number of carboxylic acid groups (broad SMARTS) is 1. The van der Waals surface area contributed by atoms with Crippen LogP contribution in [0.25, 0.3) is 0 Å². The van der Waals surface area contributed by atoms with E-state index in [1.165, 1.54) is 0 Å². The van der Waals surface area contributed by atoms with Crippen LogP contribution in [0.15, 0.2) is 0 Å². The molecule has 5 heteroatoms. The Morgan fingerprint density at radius 2 is 2.20 bits per heavy atom. The highest BCUT2D eigenvalue weighted by Gasteiger charge is 2.24. The van der Waals surface area contributed by atoms with E-state index in [4.69, 9.17) is 15.3 Å². The van der Waals surface area contributed by atoms with Crippen LogP contribution in [0.5, 0.6) is 0 Å². The lowest BCUT2D eigenvalue weighted by Gasteiger charge is -2.14. The van der Waals surface area contributed by atoms with E-state index in [1.54, 1.807) is 0 Å². The van der Waals surface area contributed by atoms with Gasteiger partial charge in [0.1, 0.15) is 6.10 Å². The van der Waals surface area contributed by atoms with Crippen molar-refractivity contribution in [3.63, 3.8) is 0 Å². The second-order valence-corrected chi connectivity index (χ2v) is 1.74. The molecule has 0 saturated carbocycles. The largest absolute Gasteiger partial charge is 0.479 e. The normalized spacial score (nSPS) is 16.3. The van der Waals surface area contributed by atoms with Gasteiger partial charge in [0.2, 0.25) is 0 Å². The Labute approximate surface area is 57.9 Å². The van der Waals surface area contributed by atoms with Gasteiger partial charge in [-0.05, 0) is 0 Å². The van der Waals surface area contributed by atoms with Crippen molar-refractivity contribution in [2.75, 3.05) is 13.7 Å². The summed E-state index contributed by atoms with van der Waals surface area (Å²) in [6.45, 7) is -0.620. The predicted molar refractivity (Wildman–Crippen MR) is 31.5 cm³/mol. The second kappa shape index (κ2) is 4.21. The van der Waals surface area contributed by atoms with E-state index in [2.05, 4.69) is 4.74 Å². The van der Waals surface area contributed by atoms with Crippen LogP contribution in [-0.2, 0) is 9.53 Å². The Balaban J connectivity index is 3.92. The number of carbonyl (C=O) groups is 1. The first-order valence-electron chi connectivity index (χ1n) is 2.68. The summed E-state index contributed by atoms with van der Waals surface area (Å²) in [5, 5.41) is 25.3. The summed E-state index contributed by atoms with van der Waals surface area (Å²) in [4.78, 5) is 10.1. The molecule has 0 aromatic rings. The van der Waals surface area contributed by atoms with E-state index < -0.39 is 24.8 Å². The highest BCUT2D eigenvalue weighted by atomic mass is 16.5. The maximum atomic E-state index is 10.1. The van der Waals surface area contributed by atoms with Crippen molar-refractivity contribution in [2.45, 2.75) is 12.2 Å². The molecule has 0 aliphatic rings. The Bertz CT molecular complexity index is 113. The van der Waals surface area contributed by atoms with E-state index in [0.717, 1.165) is 7.11 Å². The van der Waals surface area contributed by atoms with E-state index in [1.807, 2.05) is 0 Å². The molecule has 2 atom stereocenters. The zero-order chi connectivity index (χ0) is 8.15. The van der Waals surface area contributed by atoms with Crippen molar-refractivity contribution in [1.29, 1.82) is 0 Å². The summed E-state index contributed by atoms with van der Waals surface area (Å²) in [5.41, 5.74) is 0. The average Bonchev–Trinajstić information content (AvgIpc) is 1.88. The van der Waals surface area contributed by atoms with Crippen molar-refractivity contribution in [3.05, 3.63) is 0 Å². The molecule has 3 N–H and O–H groups in total. The molecule has 0 aromatic carbocycles. The lowest BCUT2D eigenvalue weighted by molar-refractivity contribution is -0.157. The number of aliphatic carboxylic acids is 1. The summed E-state index contributed by atoms with van der Waals surface area (Å²) in [7, 11) is 1.15. The van der Waals surface area contributed by atoms with Crippen LogP contribution in [0.4, 0.5) is 0 Å². The Morgan fingerprint density at radius 1 is 1.70 bits per heavy atom. The van der Waals surface area contributed by atoms with Crippen LogP contribution in [0.2, 0.25) is 0 Å². The van der Waals surface area contributed by atoms with Crippen LogP contribution in [0.3, 0.4) is 0 Å². The van der Waals surface area contributed by atoms with Gasteiger partial charge < -0.3 is 20.1 Å². The van der Waals surface area contributed by atoms with Crippen molar-refractivity contribution in [2.24, 2.45) is 0 Å². The van der Waals surface area contributed by atoms with E-state index in [0.29, 0.717) is 0 Å². The molecular weight excluding hydrogens is 140 g/mol. The third-order valence-electron chi connectivity index (χ3n) is 1.03. The number of methoxy groups -OCH3 is 1. The Kier molecular flexibility index (Phi) is 3.94. The van der Waals surface area contributed by atoms with Gasteiger partial charge in [-0.1, -0.05) is 0 Å². The molecule has 60 valence electrons. The summed E-state index contributed by atoms with van der Waals surface area (Å²) < 4.78 is 4.35. The SMILES string of the molecule is CO[C@@H](C(=O)O)[C@H](O)CO. The van der Waals surface area contributed by atoms with Crippen molar-refractivity contribution < 1.29 is 24.9 Å². The van der Waals surface area contributed by atoms with Crippen molar-refractivity contribution in [3.8, 4) is 0 Å². The third kappa shape index (κ3) is 2.30. The first kappa shape index (κ1) is 9.35. The first-order valence-corrected chi connectivity index (χ1v) is 2.68. The van der Waals surface area contributed by atoms with Crippen molar-refractivity contribution in [1.82, 2.24) is 0 Å². The number of aliphatic hydroxyl groups excluding tert-OH is 2. The molecule has 0 aliphatic heterocycles. The summed E-state index contributed by atoms with van der Waals surface area (Å²) in [5.74, 6) is -1.29. The smallest absolute Gasteiger partial charge is 0.335 e. The number of hydrogen-bond donors (Lipinski definition) is 3. The summed E-state index contributed by atoms with van der Waals surface area (Å²) in [6.07, 6.45) is -2.70. The van der Waals surface area contributed by atoms with E-state index >= 15 is 0 Å². The molecule has 0 radical (unpaired) electrons. The number of ether oxygens (including phenoxy) is 1. The van der Waals surface area contributed by atoms with Gasteiger partial charge in [0.25, 0.3) is 0 Å². The van der Waals surface area contributed by atoms with Gasteiger partial charge in [-0.25, -0.2) is 4.79 Å². The van der Waals surface area contributed by atoms with E-state index in [9.17, 15) is 4.79 Å². The van der Waals surface area contributed by atoms with E-state index in [-0.39, 0.29) is 0 Å². The van der Waals surface area contributed by atoms with Crippen LogP contribution in [0.1, 0.15) is 0 Å². The Hall–Kier alpha value is -0.650. The molecule has 0 aliphatic carbocycles. The topological polar surface area (TPSA) is 87.0 Å². The highest BCUT2D eigenvalue weighted by Crippen LogP contribution is 1.96. The third-order valence-corrected chi connectivity index (χ3v) is 1.03. The minimum atomic E-state index is -1.36. The predicted octanol–water partition coefficient (Wildman–Crippen LogP) is -1.56. The standard InChI is InChI=1S/C5H10O5/c1-10-4(5(8)9)3(7)2-6/h3-4,6-7H,2H2,1H3,(H,8,9)/t3-,4-/m1/s1. The summed E-state index contributed by atoms with van der Waals surface area (Å²) >= 11 is 0. The first-order chi connectivity index (χ1) is 4.63. The van der Waals surface area contributed by atoms with Crippen LogP contribution < -0.4 is 0 Å². The second-order valence-electron chi connectivity index (χ2n) is 1.74. The molecule has 0 bridgehead atoms. The highest BCUT2D eigenvalue weighted by molar-refractivity contribution is 5.73. The van der Waals surface area contributed by atoms with Crippen molar-refractivity contribution >= 4 is 5.97 Å². The van der Waals surface area contributed by atoms with Crippen LogP contribution in [0, 0.1) is 0 Å². The van der Waals surface area contributed by atoms with Gasteiger partial charge in [0.15, 0.2) is 6.10 Å². The molecule has 0 aromatic heterocycles. The monoisotopic (exact) mass is 150 g/mol. The number of aliphatic hydroxyl groups is 2. The quantitative estimate of drug-likeness (QED) is 0.451. The molecular formula is C5H10O5.